The van der Waals surface area contributed by atoms with Crippen LogP contribution in [0.1, 0.15) is 5.56 Å². The van der Waals surface area contributed by atoms with Gasteiger partial charge in [0.1, 0.15) is 9.96 Å². The van der Waals surface area contributed by atoms with Crippen molar-refractivity contribution in [2.24, 2.45) is 0 Å². The third kappa shape index (κ3) is 4.54. The van der Waals surface area contributed by atoms with Crippen LogP contribution in [0.5, 0.6) is 5.75 Å². The number of rotatable bonds is 7. The standard InChI is InChI=1S/C20H16ClN3O4S2/c1-27-17-8-2-13(3-9-17)11-22-30(25,26)18-10-15(12-29-18)20-23-19(24-28-20)14-4-6-16(21)7-5-14/h2-10,12,22H,11H2,1H3. The number of hydrogen-bond donors (Lipinski definition) is 1. The molecule has 0 unspecified atom stereocenters. The molecule has 4 rings (SSSR count). The van der Waals surface area contributed by atoms with Crippen molar-refractivity contribution in [3.8, 4) is 28.6 Å². The van der Waals surface area contributed by atoms with Gasteiger partial charge in [-0.25, -0.2) is 13.1 Å². The van der Waals surface area contributed by atoms with E-state index < -0.39 is 10.0 Å². The summed E-state index contributed by atoms with van der Waals surface area (Å²) in [6.45, 7) is 0.167. The number of methoxy groups -OCH3 is 1. The van der Waals surface area contributed by atoms with Crippen molar-refractivity contribution < 1.29 is 17.7 Å². The molecule has 10 heteroatoms. The van der Waals surface area contributed by atoms with Gasteiger partial charge >= 0.3 is 0 Å². The number of hydrogen-bond acceptors (Lipinski definition) is 7. The van der Waals surface area contributed by atoms with E-state index in [1.165, 1.54) is 6.07 Å². The van der Waals surface area contributed by atoms with Crippen LogP contribution in [0.2, 0.25) is 5.02 Å². The van der Waals surface area contributed by atoms with Gasteiger partial charge in [0.25, 0.3) is 5.89 Å². The summed E-state index contributed by atoms with van der Waals surface area (Å²) in [5.41, 5.74) is 2.11. The normalized spacial score (nSPS) is 11.5. The third-order valence-electron chi connectivity index (χ3n) is 4.24. The molecule has 2 heterocycles. The highest BCUT2D eigenvalue weighted by molar-refractivity contribution is 7.91. The lowest BCUT2D eigenvalue weighted by Crippen LogP contribution is -2.22. The Bertz CT molecular complexity index is 1250. The average molecular weight is 462 g/mol. The Kier molecular flexibility index (Phi) is 5.87. The first kappa shape index (κ1) is 20.5. The molecule has 0 saturated carbocycles. The van der Waals surface area contributed by atoms with E-state index >= 15 is 0 Å². The zero-order valence-electron chi connectivity index (χ0n) is 15.7. The summed E-state index contributed by atoms with van der Waals surface area (Å²) in [5.74, 6) is 1.35. The molecule has 0 aliphatic heterocycles. The molecule has 4 aromatic rings. The predicted molar refractivity (Wildman–Crippen MR) is 115 cm³/mol. The second-order valence-corrected chi connectivity index (χ2v) is 9.60. The molecule has 0 aliphatic carbocycles. The number of benzene rings is 2. The molecule has 1 N–H and O–H groups in total. The van der Waals surface area contributed by atoms with E-state index in [2.05, 4.69) is 14.9 Å². The monoisotopic (exact) mass is 461 g/mol. The largest absolute Gasteiger partial charge is 0.497 e. The molecule has 0 fully saturated rings. The smallest absolute Gasteiger partial charge is 0.259 e. The van der Waals surface area contributed by atoms with E-state index in [0.717, 1.165) is 22.5 Å². The van der Waals surface area contributed by atoms with E-state index in [9.17, 15) is 8.42 Å². The number of thiophene rings is 1. The second-order valence-electron chi connectivity index (χ2n) is 6.26. The quantitative estimate of drug-likeness (QED) is 0.432. The van der Waals surface area contributed by atoms with Gasteiger partial charge in [-0.05, 0) is 48.0 Å². The molecule has 0 saturated heterocycles. The summed E-state index contributed by atoms with van der Waals surface area (Å²) >= 11 is 6.98. The zero-order chi connectivity index (χ0) is 21.1. The van der Waals surface area contributed by atoms with Crippen LogP contribution in [0.25, 0.3) is 22.8 Å². The second kappa shape index (κ2) is 8.57. The van der Waals surface area contributed by atoms with Gasteiger partial charge in [-0.1, -0.05) is 28.9 Å². The Labute approximate surface area is 182 Å². The highest BCUT2D eigenvalue weighted by Crippen LogP contribution is 2.29. The first-order valence-corrected chi connectivity index (χ1v) is 11.5. The minimum Gasteiger partial charge on any atom is -0.497 e. The number of sulfonamides is 1. The summed E-state index contributed by atoms with van der Waals surface area (Å²) in [6.07, 6.45) is 0. The summed E-state index contributed by atoms with van der Waals surface area (Å²) < 4.78 is 38.4. The molecule has 154 valence electrons. The van der Waals surface area contributed by atoms with Crippen molar-refractivity contribution in [3.63, 3.8) is 0 Å². The lowest BCUT2D eigenvalue weighted by Gasteiger charge is -2.06. The molecule has 0 atom stereocenters. The van der Waals surface area contributed by atoms with Crippen molar-refractivity contribution in [2.75, 3.05) is 7.11 Å². The first-order valence-electron chi connectivity index (χ1n) is 8.76. The fourth-order valence-electron chi connectivity index (χ4n) is 2.62. The van der Waals surface area contributed by atoms with Crippen molar-refractivity contribution >= 4 is 33.0 Å². The fraction of sp³-hybridized carbons (Fsp3) is 0.100. The van der Waals surface area contributed by atoms with Crippen molar-refractivity contribution in [1.82, 2.24) is 14.9 Å². The Morgan fingerprint density at radius 1 is 1.10 bits per heavy atom. The zero-order valence-corrected chi connectivity index (χ0v) is 18.1. The van der Waals surface area contributed by atoms with Gasteiger partial charge < -0.3 is 9.26 Å². The summed E-state index contributed by atoms with van der Waals surface area (Å²) in [5, 5.41) is 6.23. The number of ether oxygens (including phenoxy) is 1. The van der Waals surface area contributed by atoms with Gasteiger partial charge in [0.2, 0.25) is 15.8 Å². The summed E-state index contributed by atoms with van der Waals surface area (Å²) in [6, 6.07) is 15.7. The maximum atomic E-state index is 12.6. The van der Waals surface area contributed by atoms with Crippen molar-refractivity contribution in [1.29, 1.82) is 0 Å². The van der Waals surface area contributed by atoms with Crippen LogP contribution >= 0.6 is 22.9 Å². The van der Waals surface area contributed by atoms with Crippen LogP contribution in [0.3, 0.4) is 0 Å². The Balaban J connectivity index is 1.48. The van der Waals surface area contributed by atoms with Gasteiger partial charge in [0.15, 0.2) is 0 Å². The van der Waals surface area contributed by atoms with Crippen molar-refractivity contribution in [3.05, 3.63) is 70.6 Å². The highest BCUT2D eigenvalue weighted by atomic mass is 35.5. The van der Waals surface area contributed by atoms with Crippen molar-refractivity contribution in [2.45, 2.75) is 10.8 Å². The van der Waals surface area contributed by atoms with E-state index in [1.54, 1.807) is 61.0 Å². The van der Waals surface area contributed by atoms with Crippen LogP contribution in [0.4, 0.5) is 0 Å². The molecule has 2 aromatic heterocycles. The SMILES string of the molecule is COc1ccc(CNS(=O)(=O)c2cc(-c3nc(-c4ccc(Cl)cc4)no3)cs2)cc1. The van der Waals surface area contributed by atoms with Crippen LogP contribution in [-0.4, -0.2) is 25.7 Å². The van der Waals surface area contributed by atoms with E-state index in [0.29, 0.717) is 22.2 Å². The average Bonchev–Trinajstić information content (AvgIpc) is 3.43. The maximum absolute atomic E-state index is 12.6. The lowest BCUT2D eigenvalue weighted by molar-refractivity contribution is 0.414. The van der Waals surface area contributed by atoms with E-state index in [4.69, 9.17) is 20.9 Å². The molecule has 7 nitrogen and oxygen atoms in total. The first-order chi connectivity index (χ1) is 14.4. The molecular weight excluding hydrogens is 446 g/mol. The van der Waals surface area contributed by atoms with Crippen LogP contribution < -0.4 is 9.46 Å². The Morgan fingerprint density at radius 2 is 1.83 bits per heavy atom. The highest BCUT2D eigenvalue weighted by Gasteiger charge is 2.19. The molecule has 0 bridgehead atoms. The minimum atomic E-state index is -3.68. The number of halogens is 1. The van der Waals surface area contributed by atoms with Crippen LogP contribution in [0, 0.1) is 0 Å². The van der Waals surface area contributed by atoms with E-state index in [-0.39, 0.29) is 16.6 Å². The molecule has 0 aliphatic rings. The predicted octanol–water partition coefficient (Wildman–Crippen LogP) is 4.61. The topological polar surface area (TPSA) is 94.3 Å². The molecular formula is C20H16ClN3O4S2. The number of nitrogens with zero attached hydrogens (tertiary/aromatic N) is 2. The Morgan fingerprint density at radius 3 is 2.53 bits per heavy atom. The van der Waals surface area contributed by atoms with Crippen LogP contribution in [0.15, 0.2) is 68.7 Å². The molecule has 2 aromatic carbocycles. The fourth-order valence-corrected chi connectivity index (χ4v) is 4.96. The van der Waals surface area contributed by atoms with Gasteiger partial charge in [0, 0.05) is 22.5 Å². The third-order valence-corrected chi connectivity index (χ3v) is 7.33. The van der Waals surface area contributed by atoms with Crippen LogP contribution in [-0.2, 0) is 16.6 Å². The number of nitrogens with one attached hydrogen (secondary N) is 1. The van der Waals surface area contributed by atoms with Gasteiger partial charge in [0.05, 0.1) is 12.7 Å². The summed E-state index contributed by atoms with van der Waals surface area (Å²) in [7, 11) is -2.10. The van der Waals surface area contributed by atoms with E-state index in [1.807, 2.05) is 0 Å². The van der Waals surface area contributed by atoms with Gasteiger partial charge in [-0.15, -0.1) is 11.3 Å². The van der Waals surface area contributed by atoms with Gasteiger partial charge in [-0.3, -0.25) is 0 Å². The number of aromatic nitrogens is 2. The summed E-state index contributed by atoms with van der Waals surface area (Å²) in [4.78, 5) is 4.34. The maximum Gasteiger partial charge on any atom is 0.259 e. The lowest BCUT2D eigenvalue weighted by atomic mass is 10.2. The van der Waals surface area contributed by atoms with Gasteiger partial charge in [-0.2, -0.15) is 4.98 Å². The molecule has 30 heavy (non-hydrogen) atoms. The molecule has 0 amide bonds. The Hall–Kier alpha value is -2.72. The minimum absolute atomic E-state index is 0.164. The molecule has 0 spiro atoms. The molecule has 0 radical (unpaired) electrons.